The molecule has 16 heteroatoms. The molecule has 4 aromatic carbocycles. The minimum Gasteiger partial charge on any atom is -0.507 e. The van der Waals surface area contributed by atoms with Crippen molar-refractivity contribution in [2.24, 2.45) is 0 Å². The summed E-state index contributed by atoms with van der Waals surface area (Å²) >= 11 is 0. The van der Waals surface area contributed by atoms with Crippen LogP contribution in [-0.2, 0) is 22.3 Å². The highest BCUT2D eigenvalue weighted by Crippen LogP contribution is 2.53. The molecule has 0 saturated heterocycles. The molecule has 1 unspecified atom stereocenters. The fourth-order valence-electron chi connectivity index (χ4n) is 5.54. The van der Waals surface area contributed by atoms with Crippen LogP contribution in [0.2, 0.25) is 0 Å². The van der Waals surface area contributed by atoms with Crippen molar-refractivity contribution >= 4 is 11.9 Å². The number of aromatic hydroxyl groups is 10. The Morgan fingerprint density at radius 3 is 1.68 bits per heavy atom. The van der Waals surface area contributed by atoms with E-state index in [2.05, 4.69) is 0 Å². The first kappa shape index (κ1) is 30.6. The molecule has 6 rings (SSSR count). The molecule has 0 aliphatic carbocycles. The molecule has 2 aliphatic heterocycles. The van der Waals surface area contributed by atoms with Crippen molar-refractivity contribution in [3.63, 3.8) is 0 Å². The first-order valence-electron chi connectivity index (χ1n) is 13.6. The van der Waals surface area contributed by atoms with Crippen LogP contribution >= 0.6 is 0 Å². The molecule has 0 saturated carbocycles. The average molecular weight is 653 g/mol. The van der Waals surface area contributed by atoms with E-state index in [4.69, 9.17) is 14.2 Å². The Morgan fingerprint density at radius 2 is 1.15 bits per heavy atom. The van der Waals surface area contributed by atoms with Gasteiger partial charge in [-0.3, -0.25) is 0 Å². The van der Waals surface area contributed by atoms with Crippen LogP contribution in [0.25, 0.3) is 11.1 Å². The molecule has 2 atom stereocenters. The van der Waals surface area contributed by atoms with Gasteiger partial charge in [0.25, 0.3) is 6.29 Å². The van der Waals surface area contributed by atoms with Crippen LogP contribution in [-0.4, -0.2) is 80.5 Å². The topological polar surface area (TPSA) is 284 Å². The molecule has 2 heterocycles. The van der Waals surface area contributed by atoms with Crippen molar-refractivity contribution in [2.45, 2.75) is 31.3 Å². The van der Waals surface area contributed by atoms with E-state index in [-0.39, 0.29) is 28.9 Å². The first-order chi connectivity index (χ1) is 22.2. The van der Waals surface area contributed by atoms with Crippen molar-refractivity contribution in [3.8, 4) is 74.4 Å². The highest BCUT2D eigenvalue weighted by Gasteiger charge is 2.39. The van der Waals surface area contributed by atoms with Crippen LogP contribution in [0.3, 0.4) is 0 Å². The monoisotopic (exact) mass is 652 g/mol. The van der Waals surface area contributed by atoms with Gasteiger partial charge in [0.2, 0.25) is 11.5 Å². The molecule has 2 aliphatic rings. The Kier molecular flexibility index (Phi) is 7.08. The number of cyclic esters (lactones) is 2. The van der Waals surface area contributed by atoms with Crippen LogP contribution in [0.5, 0.6) is 63.2 Å². The Bertz CT molecular complexity index is 1920. The number of phenols is 10. The van der Waals surface area contributed by atoms with E-state index in [1.807, 2.05) is 0 Å². The number of esters is 2. The number of phenolic OH excluding ortho intramolecular Hbond substituents is 10. The third-order valence-corrected chi connectivity index (χ3v) is 7.82. The normalized spacial score (nSPS) is 17.6. The Hall–Kier alpha value is -6.42. The lowest BCUT2D eigenvalue weighted by Crippen LogP contribution is -2.32. The Balaban J connectivity index is 1.47. The first-order valence-corrected chi connectivity index (χ1v) is 13.6. The Morgan fingerprint density at radius 1 is 0.596 bits per heavy atom. The minimum absolute atomic E-state index is 0.00315. The summed E-state index contributed by atoms with van der Waals surface area (Å²) in [6, 6.07) is 5.78. The smallest absolute Gasteiger partial charge is 0.342 e. The van der Waals surface area contributed by atoms with E-state index in [1.165, 1.54) is 6.07 Å². The van der Waals surface area contributed by atoms with E-state index in [0.717, 1.165) is 18.2 Å². The molecule has 11 N–H and O–H groups in total. The van der Waals surface area contributed by atoms with Gasteiger partial charge in [-0.05, 0) is 29.8 Å². The third kappa shape index (κ3) is 4.92. The molecule has 0 aromatic heterocycles. The van der Waals surface area contributed by atoms with Crippen molar-refractivity contribution in [2.75, 3.05) is 0 Å². The largest absolute Gasteiger partial charge is 0.507 e. The number of ether oxygens (including phenoxy) is 3. The van der Waals surface area contributed by atoms with Crippen molar-refractivity contribution < 1.29 is 80.0 Å². The van der Waals surface area contributed by atoms with Gasteiger partial charge in [-0.15, -0.1) is 0 Å². The summed E-state index contributed by atoms with van der Waals surface area (Å²) in [6.45, 7) is 0. The van der Waals surface area contributed by atoms with Gasteiger partial charge in [-0.25, -0.2) is 9.59 Å². The second-order valence-corrected chi connectivity index (χ2v) is 10.7. The second kappa shape index (κ2) is 10.9. The van der Waals surface area contributed by atoms with Gasteiger partial charge in [-0.1, -0.05) is 6.07 Å². The van der Waals surface area contributed by atoms with Crippen molar-refractivity contribution in [1.82, 2.24) is 0 Å². The van der Waals surface area contributed by atoms with Gasteiger partial charge in [-0.2, -0.15) is 0 Å². The molecular weight excluding hydrogens is 628 g/mol. The summed E-state index contributed by atoms with van der Waals surface area (Å²) in [7, 11) is 0. The summed E-state index contributed by atoms with van der Waals surface area (Å²) in [5, 5.41) is 114. The molecule has 16 nitrogen and oxygen atoms in total. The number of hydrogen-bond donors (Lipinski definition) is 11. The number of benzene rings is 4. The molecule has 0 amide bonds. The second-order valence-electron chi connectivity index (χ2n) is 10.7. The molecule has 47 heavy (non-hydrogen) atoms. The van der Waals surface area contributed by atoms with Crippen LogP contribution in [0.15, 0.2) is 36.4 Å². The fourth-order valence-corrected chi connectivity index (χ4v) is 5.54. The maximum atomic E-state index is 13.5. The number of fused-ring (bicyclic) bond motifs is 4. The highest BCUT2D eigenvalue weighted by atomic mass is 16.7. The number of hydrogen-bond acceptors (Lipinski definition) is 16. The number of aliphatic hydroxyl groups is 1. The van der Waals surface area contributed by atoms with Gasteiger partial charge < -0.3 is 70.4 Å². The lowest BCUT2D eigenvalue weighted by atomic mass is 9.91. The number of carbonyl (C=O) groups is 2. The van der Waals surface area contributed by atoms with E-state index in [9.17, 15) is 65.8 Å². The predicted octanol–water partition coefficient (Wildman–Crippen LogP) is 2.34. The average Bonchev–Trinajstić information content (AvgIpc) is 3.05. The zero-order valence-electron chi connectivity index (χ0n) is 23.6. The van der Waals surface area contributed by atoms with E-state index in [1.54, 1.807) is 0 Å². The zero-order chi connectivity index (χ0) is 34.1. The number of carbonyl (C=O) groups excluding carboxylic acids is 2. The van der Waals surface area contributed by atoms with Gasteiger partial charge in [0, 0.05) is 34.7 Å². The summed E-state index contributed by atoms with van der Waals surface area (Å²) in [5.41, 5.74) is -3.09. The van der Waals surface area contributed by atoms with Crippen molar-refractivity contribution in [1.29, 1.82) is 0 Å². The lowest BCUT2D eigenvalue weighted by Gasteiger charge is -2.33. The molecule has 0 bridgehead atoms. The third-order valence-electron chi connectivity index (χ3n) is 7.82. The standard InChI is InChI=1S/C31H24O16/c32-14-2-1-9(3-17(14)35)28-20(38)4-10-15(33)8-16(34)11(29(10)47-28)7-21-45-30(43)12-5-18(36)24(39)26(41)22(12)23-13(31(44)46-21)6-19(37)25(40)27(23)42/h1-3,5-6,8,20-21,28,32-42H,4,7H2/t20-,28?/m0/s1. The van der Waals surface area contributed by atoms with Crippen LogP contribution in [0, 0.1) is 0 Å². The maximum absolute atomic E-state index is 13.5. The zero-order valence-corrected chi connectivity index (χ0v) is 23.6. The molecule has 0 radical (unpaired) electrons. The van der Waals surface area contributed by atoms with Gasteiger partial charge in [0.15, 0.2) is 34.5 Å². The molecular formula is C31H24O16. The number of aliphatic hydroxyl groups excluding tert-OH is 1. The van der Waals surface area contributed by atoms with Gasteiger partial charge >= 0.3 is 11.9 Å². The summed E-state index contributed by atoms with van der Waals surface area (Å²) in [4.78, 5) is 26.9. The SMILES string of the molecule is O=C1OC(Cc2c(O)cc(O)c3c2OC(c2ccc(O)c(O)c2)[C@@H](O)C3)OC(=O)c2cc(O)c(O)c(O)c2-c2c1cc(O)c(O)c2O. The van der Waals surface area contributed by atoms with Crippen LogP contribution < -0.4 is 4.74 Å². The minimum atomic E-state index is -1.98. The quantitative estimate of drug-likeness (QED) is 0.112. The summed E-state index contributed by atoms with van der Waals surface area (Å²) in [5.74, 6) is -12.0. The molecule has 0 fully saturated rings. The number of rotatable bonds is 3. The lowest BCUT2D eigenvalue weighted by molar-refractivity contribution is -0.0791. The summed E-state index contributed by atoms with van der Waals surface area (Å²) in [6.07, 6.45) is -5.47. The van der Waals surface area contributed by atoms with Gasteiger partial charge in [0.1, 0.15) is 23.4 Å². The summed E-state index contributed by atoms with van der Waals surface area (Å²) < 4.78 is 16.7. The van der Waals surface area contributed by atoms with E-state index in [0.29, 0.717) is 12.1 Å². The fraction of sp³-hybridized carbons (Fsp3) is 0.161. The molecule has 4 aromatic rings. The molecule has 244 valence electrons. The maximum Gasteiger partial charge on any atom is 0.342 e. The van der Waals surface area contributed by atoms with Crippen molar-refractivity contribution in [3.05, 3.63) is 64.2 Å². The van der Waals surface area contributed by atoms with Crippen LogP contribution in [0.1, 0.15) is 43.5 Å². The van der Waals surface area contributed by atoms with Gasteiger partial charge in [0.05, 0.1) is 23.7 Å². The molecule has 0 spiro atoms. The predicted molar refractivity (Wildman–Crippen MR) is 153 cm³/mol. The highest BCUT2D eigenvalue weighted by molar-refractivity contribution is 6.08. The van der Waals surface area contributed by atoms with E-state index < -0.39 is 117 Å². The Labute approximate surface area is 262 Å². The van der Waals surface area contributed by atoms with Crippen LogP contribution in [0.4, 0.5) is 0 Å². The van der Waals surface area contributed by atoms with E-state index >= 15 is 0 Å².